The van der Waals surface area contributed by atoms with Crippen LogP contribution in [-0.4, -0.2) is 41.8 Å². The predicted molar refractivity (Wildman–Crippen MR) is 74.0 cm³/mol. The van der Waals surface area contributed by atoms with Crippen molar-refractivity contribution in [1.29, 1.82) is 0 Å². The molecule has 2 rings (SSSR count). The molecule has 1 saturated heterocycles. The van der Waals surface area contributed by atoms with Crippen LogP contribution in [-0.2, 0) is 4.79 Å². The summed E-state index contributed by atoms with van der Waals surface area (Å²) < 4.78 is 0. The summed E-state index contributed by atoms with van der Waals surface area (Å²) in [6, 6.07) is 0. The van der Waals surface area contributed by atoms with Crippen LogP contribution in [0.15, 0.2) is 0 Å². The van der Waals surface area contributed by atoms with Crippen LogP contribution in [0.2, 0.25) is 0 Å². The smallest absolute Gasteiger partial charge is 0.265 e. The first-order chi connectivity index (χ1) is 9.02. The molecule has 0 aliphatic carbocycles. The summed E-state index contributed by atoms with van der Waals surface area (Å²) in [6.45, 7) is 3.00. The molecule has 2 heterocycles. The lowest BCUT2D eigenvalue weighted by atomic mass is 9.96. The van der Waals surface area contributed by atoms with E-state index in [0.29, 0.717) is 41.6 Å². The number of aromatic nitrogens is 1. The van der Waals surface area contributed by atoms with Crippen molar-refractivity contribution in [2.75, 3.05) is 25.9 Å². The highest BCUT2D eigenvalue weighted by Gasteiger charge is 2.28. The standard InChI is InChI=1S/C12H18N4O2S/c1-7-9(19-12(13)15-7)11(18)16-5-3-8(4-6-16)10(17)14-2/h8H,3-6H2,1-2H3,(H2,13,15)(H,14,17). The van der Waals surface area contributed by atoms with Gasteiger partial charge in [0.15, 0.2) is 5.13 Å². The minimum Gasteiger partial charge on any atom is -0.375 e. The van der Waals surface area contributed by atoms with Crippen molar-refractivity contribution in [3.63, 3.8) is 0 Å². The minimum absolute atomic E-state index is 0.0154. The number of likely N-dealkylation sites (tertiary alicyclic amines) is 1. The maximum atomic E-state index is 12.3. The van der Waals surface area contributed by atoms with E-state index in [-0.39, 0.29) is 17.7 Å². The van der Waals surface area contributed by atoms with Crippen LogP contribution in [0.25, 0.3) is 0 Å². The lowest BCUT2D eigenvalue weighted by molar-refractivity contribution is -0.125. The molecule has 0 atom stereocenters. The Morgan fingerprint density at radius 2 is 2.05 bits per heavy atom. The number of amides is 2. The van der Waals surface area contributed by atoms with E-state index in [1.807, 2.05) is 0 Å². The number of hydrogen-bond donors (Lipinski definition) is 2. The van der Waals surface area contributed by atoms with Crippen molar-refractivity contribution in [3.8, 4) is 0 Å². The van der Waals surface area contributed by atoms with Crippen molar-refractivity contribution < 1.29 is 9.59 Å². The Labute approximate surface area is 116 Å². The second kappa shape index (κ2) is 5.56. The van der Waals surface area contributed by atoms with Gasteiger partial charge in [-0.1, -0.05) is 11.3 Å². The first-order valence-corrected chi connectivity index (χ1v) is 7.08. The Balaban J connectivity index is 2.00. The number of rotatable bonds is 2. The molecule has 1 aliphatic rings. The zero-order valence-corrected chi connectivity index (χ0v) is 11.9. The second-order valence-corrected chi connectivity index (χ2v) is 5.68. The average molecular weight is 282 g/mol. The molecule has 0 spiro atoms. The summed E-state index contributed by atoms with van der Waals surface area (Å²) in [6.07, 6.45) is 1.41. The SMILES string of the molecule is CNC(=O)C1CCN(C(=O)c2sc(N)nc2C)CC1. The Kier molecular flexibility index (Phi) is 4.04. The van der Waals surface area contributed by atoms with Crippen molar-refractivity contribution >= 4 is 28.3 Å². The van der Waals surface area contributed by atoms with Crippen LogP contribution >= 0.6 is 11.3 Å². The molecular weight excluding hydrogens is 264 g/mol. The van der Waals surface area contributed by atoms with Crippen molar-refractivity contribution in [2.24, 2.45) is 5.92 Å². The van der Waals surface area contributed by atoms with Gasteiger partial charge >= 0.3 is 0 Å². The normalized spacial score (nSPS) is 16.4. The van der Waals surface area contributed by atoms with E-state index in [1.165, 1.54) is 11.3 Å². The fourth-order valence-corrected chi connectivity index (χ4v) is 3.11. The minimum atomic E-state index is -0.0259. The van der Waals surface area contributed by atoms with Gasteiger partial charge in [-0.05, 0) is 19.8 Å². The highest BCUT2D eigenvalue weighted by atomic mass is 32.1. The van der Waals surface area contributed by atoms with Crippen LogP contribution < -0.4 is 11.1 Å². The van der Waals surface area contributed by atoms with Crippen LogP contribution in [0.3, 0.4) is 0 Å². The third-order valence-electron chi connectivity index (χ3n) is 3.41. The maximum Gasteiger partial charge on any atom is 0.265 e. The van der Waals surface area contributed by atoms with E-state index in [2.05, 4.69) is 10.3 Å². The van der Waals surface area contributed by atoms with Crippen molar-refractivity contribution in [2.45, 2.75) is 19.8 Å². The quantitative estimate of drug-likeness (QED) is 0.833. The topological polar surface area (TPSA) is 88.3 Å². The van der Waals surface area contributed by atoms with Crippen LogP contribution in [0.4, 0.5) is 5.13 Å². The summed E-state index contributed by atoms with van der Waals surface area (Å²) in [7, 11) is 1.64. The number of piperidine rings is 1. The molecule has 0 saturated carbocycles. The third kappa shape index (κ3) is 2.86. The summed E-state index contributed by atoms with van der Waals surface area (Å²) in [5.74, 6) is 0.0500. The van der Waals surface area contributed by atoms with E-state index in [1.54, 1.807) is 18.9 Å². The van der Waals surface area contributed by atoms with Gasteiger partial charge in [-0.2, -0.15) is 0 Å². The number of nitrogens with zero attached hydrogens (tertiary/aromatic N) is 2. The molecular formula is C12H18N4O2S. The summed E-state index contributed by atoms with van der Waals surface area (Å²) >= 11 is 1.22. The fourth-order valence-electron chi connectivity index (χ4n) is 2.31. The third-order valence-corrected chi connectivity index (χ3v) is 4.38. The molecule has 2 amide bonds. The van der Waals surface area contributed by atoms with E-state index in [9.17, 15) is 9.59 Å². The number of carbonyl (C=O) groups excluding carboxylic acids is 2. The molecule has 1 aromatic rings. The van der Waals surface area contributed by atoms with Gasteiger partial charge in [0.25, 0.3) is 5.91 Å². The first-order valence-electron chi connectivity index (χ1n) is 6.26. The number of anilines is 1. The largest absolute Gasteiger partial charge is 0.375 e. The van der Waals surface area contributed by atoms with E-state index in [4.69, 9.17) is 5.73 Å². The van der Waals surface area contributed by atoms with Gasteiger partial charge < -0.3 is 16.0 Å². The second-order valence-electron chi connectivity index (χ2n) is 4.65. The van der Waals surface area contributed by atoms with E-state index >= 15 is 0 Å². The number of aryl methyl sites for hydroxylation is 1. The summed E-state index contributed by atoms with van der Waals surface area (Å²) in [5, 5.41) is 3.07. The zero-order valence-electron chi connectivity index (χ0n) is 11.1. The average Bonchev–Trinajstić information content (AvgIpc) is 2.76. The predicted octanol–water partition coefficient (Wildman–Crippen LogP) is 0.632. The number of nitrogen functional groups attached to an aromatic ring is 1. The summed E-state index contributed by atoms with van der Waals surface area (Å²) in [5.41, 5.74) is 6.29. The Bertz CT molecular complexity index is 492. The number of hydrogen-bond acceptors (Lipinski definition) is 5. The maximum absolute atomic E-state index is 12.3. The molecule has 1 aliphatic heterocycles. The Morgan fingerprint density at radius 3 is 2.53 bits per heavy atom. The molecule has 0 bridgehead atoms. The van der Waals surface area contributed by atoms with Gasteiger partial charge in [-0.15, -0.1) is 0 Å². The first kappa shape index (κ1) is 13.8. The van der Waals surface area contributed by atoms with Gasteiger partial charge in [0.05, 0.1) is 5.69 Å². The number of nitrogens with two attached hydrogens (primary N) is 1. The molecule has 1 fully saturated rings. The van der Waals surface area contributed by atoms with Crippen molar-refractivity contribution in [3.05, 3.63) is 10.6 Å². The molecule has 0 aromatic carbocycles. The Hall–Kier alpha value is -1.63. The fraction of sp³-hybridized carbons (Fsp3) is 0.583. The van der Waals surface area contributed by atoms with Gasteiger partial charge in [0, 0.05) is 26.1 Å². The lowest BCUT2D eigenvalue weighted by Crippen LogP contribution is -2.42. The number of thiazole rings is 1. The van der Waals surface area contributed by atoms with Gasteiger partial charge in [0.1, 0.15) is 4.88 Å². The Morgan fingerprint density at radius 1 is 1.42 bits per heavy atom. The number of nitrogens with one attached hydrogen (secondary N) is 1. The highest BCUT2D eigenvalue weighted by Crippen LogP contribution is 2.24. The number of carbonyl (C=O) groups is 2. The zero-order chi connectivity index (χ0) is 14.0. The van der Waals surface area contributed by atoms with Gasteiger partial charge in [-0.3, -0.25) is 9.59 Å². The molecule has 6 nitrogen and oxygen atoms in total. The summed E-state index contributed by atoms with van der Waals surface area (Å²) in [4.78, 5) is 30.3. The lowest BCUT2D eigenvalue weighted by Gasteiger charge is -2.30. The van der Waals surface area contributed by atoms with E-state index < -0.39 is 0 Å². The molecule has 3 N–H and O–H groups in total. The van der Waals surface area contributed by atoms with E-state index in [0.717, 1.165) is 0 Å². The van der Waals surface area contributed by atoms with Crippen molar-refractivity contribution in [1.82, 2.24) is 15.2 Å². The molecule has 0 radical (unpaired) electrons. The van der Waals surface area contributed by atoms with Crippen LogP contribution in [0.1, 0.15) is 28.2 Å². The molecule has 19 heavy (non-hydrogen) atoms. The highest BCUT2D eigenvalue weighted by molar-refractivity contribution is 7.17. The van der Waals surface area contributed by atoms with Crippen LogP contribution in [0.5, 0.6) is 0 Å². The molecule has 1 aromatic heterocycles. The molecule has 0 unspecified atom stereocenters. The van der Waals surface area contributed by atoms with Gasteiger partial charge in [0.2, 0.25) is 5.91 Å². The molecule has 104 valence electrons. The monoisotopic (exact) mass is 282 g/mol. The van der Waals surface area contributed by atoms with Gasteiger partial charge in [-0.25, -0.2) is 4.98 Å². The van der Waals surface area contributed by atoms with Crippen LogP contribution in [0, 0.1) is 12.8 Å². The molecule has 7 heteroatoms.